The summed E-state index contributed by atoms with van der Waals surface area (Å²) in [5, 5.41) is 15.0. The van der Waals surface area contributed by atoms with Crippen LogP contribution in [0, 0.1) is 0 Å². The number of carbonyl (C=O) groups excluding carboxylic acids is 1. The Kier molecular flexibility index (Phi) is 6.21. The monoisotopic (exact) mass is 397 g/mol. The van der Waals surface area contributed by atoms with E-state index in [4.69, 9.17) is 9.84 Å². The van der Waals surface area contributed by atoms with Crippen LogP contribution in [0.4, 0.5) is 11.5 Å². The zero-order chi connectivity index (χ0) is 20.1. The third kappa shape index (κ3) is 4.65. The molecule has 154 valence electrons. The number of aromatic nitrogens is 2. The Bertz CT molecular complexity index is 854. The second-order valence-electron chi connectivity index (χ2n) is 7.36. The van der Waals surface area contributed by atoms with Crippen LogP contribution in [-0.4, -0.2) is 59.9 Å². The lowest BCUT2D eigenvalue weighted by atomic mass is 10.1. The molecule has 0 bridgehead atoms. The minimum absolute atomic E-state index is 0.0711. The number of piperidine rings is 1. The van der Waals surface area contributed by atoms with Crippen LogP contribution in [0.5, 0.6) is 5.88 Å². The number of nitrogens with one attached hydrogen (secondary N) is 2. The number of nitrogens with zero attached hydrogens (tertiary/aromatic N) is 3. The molecule has 0 saturated carbocycles. The number of ether oxygens (including phenoxy) is 1. The molecule has 0 radical (unpaired) electrons. The standard InChI is InChI=1S/C21H27N5O3/c27-11-1-7-23-21(28)16-2-3-18-15(12-16)6-10-26(18)19-13-20(25-14-24-19)29-17-4-8-22-9-5-17/h2-3,12-14,17,22,27H,1,4-11H2,(H,23,28). The Balaban J connectivity index is 1.46. The highest BCUT2D eigenvalue weighted by Gasteiger charge is 2.24. The fourth-order valence-corrected chi connectivity index (χ4v) is 3.79. The first-order valence-electron chi connectivity index (χ1n) is 10.2. The molecule has 8 heteroatoms. The van der Waals surface area contributed by atoms with Gasteiger partial charge in [-0.1, -0.05) is 0 Å². The van der Waals surface area contributed by atoms with E-state index in [1.807, 2.05) is 24.3 Å². The maximum atomic E-state index is 12.3. The van der Waals surface area contributed by atoms with Crippen LogP contribution >= 0.6 is 0 Å². The number of hydrogen-bond acceptors (Lipinski definition) is 7. The number of aliphatic hydroxyl groups is 1. The van der Waals surface area contributed by atoms with Gasteiger partial charge in [0.2, 0.25) is 5.88 Å². The molecule has 1 aromatic carbocycles. The fourth-order valence-electron chi connectivity index (χ4n) is 3.79. The van der Waals surface area contributed by atoms with Crippen LogP contribution in [-0.2, 0) is 6.42 Å². The van der Waals surface area contributed by atoms with E-state index in [1.165, 1.54) is 0 Å². The molecular formula is C21H27N5O3. The minimum Gasteiger partial charge on any atom is -0.474 e. The van der Waals surface area contributed by atoms with Crippen LogP contribution in [0.25, 0.3) is 0 Å². The van der Waals surface area contributed by atoms with Gasteiger partial charge in [-0.2, -0.15) is 0 Å². The van der Waals surface area contributed by atoms with Crippen molar-refractivity contribution in [3.63, 3.8) is 0 Å². The number of hydrogen-bond donors (Lipinski definition) is 3. The molecule has 0 spiro atoms. The van der Waals surface area contributed by atoms with Gasteiger partial charge >= 0.3 is 0 Å². The lowest BCUT2D eigenvalue weighted by molar-refractivity contribution is 0.0951. The number of benzene rings is 1. The van der Waals surface area contributed by atoms with E-state index in [2.05, 4.69) is 25.5 Å². The Morgan fingerprint density at radius 1 is 1.28 bits per heavy atom. The summed E-state index contributed by atoms with van der Waals surface area (Å²) in [5.74, 6) is 1.30. The molecule has 1 aromatic heterocycles. The van der Waals surface area contributed by atoms with Gasteiger partial charge in [0.1, 0.15) is 18.2 Å². The summed E-state index contributed by atoms with van der Waals surface area (Å²) >= 11 is 0. The summed E-state index contributed by atoms with van der Waals surface area (Å²) in [6.45, 7) is 3.28. The van der Waals surface area contributed by atoms with Crippen molar-refractivity contribution in [1.29, 1.82) is 0 Å². The van der Waals surface area contributed by atoms with Crippen molar-refractivity contribution in [2.24, 2.45) is 0 Å². The highest BCUT2D eigenvalue weighted by molar-refractivity contribution is 5.95. The van der Waals surface area contributed by atoms with Crippen LogP contribution in [0.1, 0.15) is 35.2 Å². The van der Waals surface area contributed by atoms with Crippen LogP contribution in [0.2, 0.25) is 0 Å². The van der Waals surface area contributed by atoms with E-state index in [9.17, 15) is 4.79 Å². The lowest BCUT2D eigenvalue weighted by Crippen LogP contribution is -2.34. The van der Waals surface area contributed by atoms with Crippen molar-refractivity contribution in [1.82, 2.24) is 20.6 Å². The van der Waals surface area contributed by atoms with E-state index in [0.717, 1.165) is 56.0 Å². The summed E-state index contributed by atoms with van der Waals surface area (Å²) in [6.07, 6.45) is 5.11. The topological polar surface area (TPSA) is 99.6 Å². The maximum absolute atomic E-state index is 12.3. The van der Waals surface area contributed by atoms with Gasteiger partial charge in [-0.15, -0.1) is 0 Å². The van der Waals surface area contributed by atoms with Crippen LogP contribution in [0.3, 0.4) is 0 Å². The molecule has 3 heterocycles. The predicted octanol–water partition coefficient (Wildman–Crippen LogP) is 1.41. The first-order chi connectivity index (χ1) is 14.2. The van der Waals surface area contributed by atoms with Gasteiger partial charge in [-0.25, -0.2) is 9.97 Å². The first kappa shape index (κ1) is 19.6. The molecule has 2 aromatic rings. The number of fused-ring (bicyclic) bond motifs is 1. The predicted molar refractivity (Wildman–Crippen MR) is 110 cm³/mol. The largest absolute Gasteiger partial charge is 0.474 e. The molecule has 1 fully saturated rings. The van der Waals surface area contributed by atoms with Gasteiger partial charge in [0.05, 0.1) is 0 Å². The number of anilines is 2. The SMILES string of the molecule is O=C(NCCCO)c1ccc2c(c1)CCN2c1cc(OC2CCNCC2)ncn1. The zero-order valence-corrected chi connectivity index (χ0v) is 16.4. The van der Waals surface area contributed by atoms with Crippen LogP contribution < -0.4 is 20.3 Å². The highest BCUT2D eigenvalue weighted by atomic mass is 16.5. The molecule has 4 rings (SSSR count). The average Bonchev–Trinajstić information content (AvgIpc) is 3.18. The van der Waals surface area contributed by atoms with Crippen molar-refractivity contribution < 1.29 is 14.6 Å². The molecule has 1 amide bonds. The summed E-state index contributed by atoms with van der Waals surface area (Å²) in [6, 6.07) is 7.64. The quantitative estimate of drug-likeness (QED) is 0.608. The van der Waals surface area contributed by atoms with E-state index in [-0.39, 0.29) is 18.6 Å². The molecule has 2 aliphatic rings. The zero-order valence-electron chi connectivity index (χ0n) is 16.4. The number of carbonyl (C=O) groups is 1. The Morgan fingerprint density at radius 3 is 2.97 bits per heavy atom. The first-order valence-corrected chi connectivity index (χ1v) is 10.2. The van der Waals surface area contributed by atoms with Gasteiger partial charge in [-0.3, -0.25) is 4.79 Å². The van der Waals surface area contributed by atoms with Gasteiger partial charge in [0.15, 0.2) is 0 Å². The van der Waals surface area contributed by atoms with Crippen molar-refractivity contribution >= 4 is 17.4 Å². The fraction of sp³-hybridized carbons (Fsp3) is 0.476. The second-order valence-corrected chi connectivity index (χ2v) is 7.36. The summed E-state index contributed by atoms with van der Waals surface area (Å²) in [4.78, 5) is 23.1. The van der Waals surface area contributed by atoms with Gasteiger partial charge < -0.3 is 25.4 Å². The maximum Gasteiger partial charge on any atom is 0.251 e. The molecular weight excluding hydrogens is 370 g/mol. The van der Waals surface area contributed by atoms with E-state index in [1.54, 1.807) is 6.33 Å². The van der Waals surface area contributed by atoms with Crippen molar-refractivity contribution in [3.05, 3.63) is 41.7 Å². The second kappa shape index (κ2) is 9.19. The third-order valence-corrected chi connectivity index (χ3v) is 5.34. The van der Waals surface area contributed by atoms with Gasteiger partial charge in [-0.05, 0) is 62.5 Å². The molecule has 2 aliphatic heterocycles. The number of amides is 1. The Hall–Kier alpha value is -2.71. The molecule has 29 heavy (non-hydrogen) atoms. The molecule has 3 N–H and O–H groups in total. The normalized spacial score (nSPS) is 16.5. The third-order valence-electron chi connectivity index (χ3n) is 5.34. The van der Waals surface area contributed by atoms with E-state index < -0.39 is 0 Å². The van der Waals surface area contributed by atoms with Crippen molar-refractivity contribution in [3.8, 4) is 5.88 Å². The highest BCUT2D eigenvalue weighted by Crippen LogP contribution is 2.35. The molecule has 8 nitrogen and oxygen atoms in total. The summed E-state index contributed by atoms with van der Waals surface area (Å²) < 4.78 is 6.05. The number of aliphatic hydroxyl groups excluding tert-OH is 1. The van der Waals surface area contributed by atoms with Gasteiger partial charge in [0, 0.05) is 37.0 Å². The molecule has 1 saturated heterocycles. The molecule has 0 atom stereocenters. The lowest BCUT2D eigenvalue weighted by Gasteiger charge is -2.24. The smallest absolute Gasteiger partial charge is 0.251 e. The Morgan fingerprint density at radius 2 is 2.14 bits per heavy atom. The van der Waals surface area contributed by atoms with Crippen molar-refractivity contribution in [2.45, 2.75) is 31.8 Å². The molecule has 0 unspecified atom stereocenters. The number of rotatable bonds is 7. The summed E-state index contributed by atoms with van der Waals surface area (Å²) in [5.41, 5.74) is 2.82. The van der Waals surface area contributed by atoms with E-state index in [0.29, 0.717) is 24.4 Å². The molecule has 0 aliphatic carbocycles. The van der Waals surface area contributed by atoms with E-state index >= 15 is 0 Å². The average molecular weight is 397 g/mol. The minimum atomic E-state index is -0.112. The van der Waals surface area contributed by atoms with Crippen molar-refractivity contribution in [2.75, 3.05) is 37.7 Å². The van der Waals surface area contributed by atoms with Gasteiger partial charge in [0.25, 0.3) is 5.91 Å². The Labute approximate surface area is 170 Å². The summed E-state index contributed by atoms with van der Waals surface area (Å²) in [7, 11) is 0. The van der Waals surface area contributed by atoms with Crippen LogP contribution in [0.15, 0.2) is 30.6 Å².